The van der Waals surface area contributed by atoms with E-state index in [2.05, 4.69) is 20.3 Å². The molecule has 2 aromatic heterocycles. The van der Waals surface area contributed by atoms with Crippen LogP contribution < -0.4 is 0 Å². The van der Waals surface area contributed by atoms with Crippen molar-refractivity contribution in [2.45, 2.75) is 59.1 Å². The Bertz CT molecular complexity index is 831. The monoisotopic (exact) mass is 358 g/mol. The second-order valence-corrected chi connectivity index (χ2v) is 7.37. The quantitative estimate of drug-likeness (QED) is 0.897. The fourth-order valence-electron chi connectivity index (χ4n) is 3.23. The van der Waals surface area contributed by atoms with Crippen molar-refractivity contribution in [3.63, 3.8) is 0 Å². The minimum Gasteiger partial charge on any atom is -0.382 e. The lowest BCUT2D eigenvalue weighted by atomic mass is 9.89. The Morgan fingerprint density at radius 2 is 1.88 bits per heavy atom. The van der Waals surface area contributed by atoms with Gasteiger partial charge in [-0.25, -0.2) is 9.67 Å². The van der Waals surface area contributed by atoms with Crippen LogP contribution in [0.4, 0.5) is 0 Å². The van der Waals surface area contributed by atoms with Gasteiger partial charge in [-0.2, -0.15) is 0 Å². The van der Waals surface area contributed by atoms with E-state index >= 15 is 0 Å². The van der Waals surface area contributed by atoms with Crippen LogP contribution >= 0.6 is 0 Å². The highest BCUT2D eigenvalue weighted by Crippen LogP contribution is 2.31. The number of aromatic nitrogens is 5. The minimum absolute atomic E-state index is 0.162. The van der Waals surface area contributed by atoms with E-state index < -0.39 is 5.60 Å². The fourth-order valence-corrected chi connectivity index (χ4v) is 3.23. The smallest absolute Gasteiger partial charge is 0.274 e. The van der Waals surface area contributed by atoms with E-state index in [-0.39, 0.29) is 18.5 Å². The summed E-state index contributed by atoms with van der Waals surface area (Å²) in [7, 11) is 0. The Labute approximate surface area is 153 Å². The van der Waals surface area contributed by atoms with Crippen LogP contribution in [-0.4, -0.2) is 54.0 Å². The molecule has 1 atom stereocenters. The van der Waals surface area contributed by atoms with Crippen LogP contribution in [0.3, 0.4) is 0 Å². The summed E-state index contributed by atoms with van der Waals surface area (Å²) in [4.78, 5) is 23.5. The van der Waals surface area contributed by atoms with E-state index in [1.165, 1.54) is 0 Å². The highest BCUT2D eigenvalue weighted by Gasteiger charge is 2.40. The summed E-state index contributed by atoms with van der Waals surface area (Å²) < 4.78 is 1.72. The average molecular weight is 358 g/mol. The molecule has 1 N–H and O–H groups in total. The second kappa shape index (κ2) is 6.75. The zero-order valence-corrected chi connectivity index (χ0v) is 16.0. The van der Waals surface area contributed by atoms with Crippen molar-refractivity contribution in [1.29, 1.82) is 0 Å². The third-order valence-electron chi connectivity index (χ3n) is 4.96. The van der Waals surface area contributed by atoms with Crippen LogP contribution in [-0.2, 0) is 5.60 Å². The normalized spacial score (nSPS) is 20.7. The number of β-amino-alcohol motifs (C(OH)–C–C–N with tert-alkyl or cyclic N) is 1. The van der Waals surface area contributed by atoms with E-state index in [0.717, 1.165) is 11.4 Å². The molecule has 1 aliphatic rings. The SMILES string of the molecule is Cc1nc(C)c(C(=O)N2CCC[C@@](O)(c3cn(C(C)C)nn3)C2)nc1C. The van der Waals surface area contributed by atoms with Gasteiger partial charge < -0.3 is 10.0 Å². The summed E-state index contributed by atoms with van der Waals surface area (Å²) in [6.45, 7) is 10.3. The zero-order chi connectivity index (χ0) is 19.1. The Kier molecular flexibility index (Phi) is 4.79. The van der Waals surface area contributed by atoms with Crippen molar-refractivity contribution < 1.29 is 9.90 Å². The maximum absolute atomic E-state index is 13.0. The molecule has 0 spiro atoms. The standard InChI is InChI=1S/C18H26N6O2/c1-11(2)24-9-15(21-22-24)18(26)7-6-8-23(10-18)17(25)16-14(5)19-12(3)13(4)20-16/h9,11,26H,6-8,10H2,1-5H3/t18-/m0/s1. The number of rotatable bonds is 3. The predicted octanol–water partition coefficient (Wildman–Crippen LogP) is 1.70. The second-order valence-electron chi connectivity index (χ2n) is 7.37. The van der Waals surface area contributed by atoms with Gasteiger partial charge >= 0.3 is 0 Å². The summed E-state index contributed by atoms with van der Waals surface area (Å²) in [6.07, 6.45) is 3.00. The summed E-state index contributed by atoms with van der Waals surface area (Å²) in [6, 6.07) is 0.162. The molecular weight excluding hydrogens is 332 g/mol. The highest BCUT2D eigenvalue weighted by atomic mass is 16.3. The van der Waals surface area contributed by atoms with Gasteiger partial charge in [-0.05, 0) is 47.5 Å². The highest BCUT2D eigenvalue weighted by molar-refractivity contribution is 5.93. The number of nitrogens with zero attached hydrogens (tertiary/aromatic N) is 6. The molecule has 3 rings (SSSR count). The Balaban J connectivity index is 1.85. The molecule has 0 aromatic carbocycles. The first-order chi connectivity index (χ1) is 12.2. The zero-order valence-electron chi connectivity index (χ0n) is 16.0. The van der Waals surface area contributed by atoms with E-state index in [1.807, 2.05) is 27.7 Å². The summed E-state index contributed by atoms with van der Waals surface area (Å²) in [5, 5.41) is 19.3. The third kappa shape index (κ3) is 3.33. The molecule has 1 saturated heterocycles. The number of amides is 1. The van der Waals surface area contributed by atoms with Gasteiger partial charge in [-0.1, -0.05) is 5.21 Å². The maximum atomic E-state index is 13.0. The van der Waals surface area contributed by atoms with Gasteiger partial charge in [0.05, 0.1) is 29.8 Å². The van der Waals surface area contributed by atoms with Crippen molar-refractivity contribution in [2.75, 3.05) is 13.1 Å². The average Bonchev–Trinajstić information content (AvgIpc) is 3.09. The Hall–Kier alpha value is -2.35. The number of carbonyl (C=O) groups excluding carboxylic acids is 1. The number of carbonyl (C=O) groups is 1. The molecule has 8 nitrogen and oxygen atoms in total. The van der Waals surface area contributed by atoms with Crippen LogP contribution in [0, 0.1) is 20.8 Å². The molecule has 3 heterocycles. The van der Waals surface area contributed by atoms with Crippen molar-refractivity contribution in [3.8, 4) is 0 Å². The summed E-state index contributed by atoms with van der Waals surface area (Å²) >= 11 is 0. The van der Waals surface area contributed by atoms with Crippen LogP contribution in [0.1, 0.15) is 66.0 Å². The number of likely N-dealkylation sites (tertiary alicyclic amines) is 1. The molecule has 1 amide bonds. The lowest BCUT2D eigenvalue weighted by Gasteiger charge is -2.37. The van der Waals surface area contributed by atoms with Gasteiger partial charge in [0.2, 0.25) is 0 Å². The van der Waals surface area contributed by atoms with Gasteiger partial charge in [0.1, 0.15) is 17.0 Å². The van der Waals surface area contributed by atoms with Gasteiger partial charge in [-0.15, -0.1) is 5.10 Å². The van der Waals surface area contributed by atoms with Crippen molar-refractivity contribution in [1.82, 2.24) is 29.9 Å². The van der Waals surface area contributed by atoms with E-state index in [4.69, 9.17) is 0 Å². The van der Waals surface area contributed by atoms with E-state index in [1.54, 1.807) is 22.7 Å². The molecule has 0 saturated carbocycles. The molecule has 0 radical (unpaired) electrons. The van der Waals surface area contributed by atoms with Crippen molar-refractivity contribution in [3.05, 3.63) is 34.7 Å². The Morgan fingerprint density at radius 3 is 2.54 bits per heavy atom. The van der Waals surface area contributed by atoms with Crippen LogP contribution in [0.15, 0.2) is 6.20 Å². The molecule has 0 bridgehead atoms. The molecule has 0 aliphatic carbocycles. The van der Waals surface area contributed by atoms with Gasteiger partial charge in [-0.3, -0.25) is 9.78 Å². The predicted molar refractivity (Wildman–Crippen MR) is 95.7 cm³/mol. The molecule has 2 aromatic rings. The molecule has 26 heavy (non-hydrogen) atoms. The summed E-state index contributed by atoms with van der Waals surface area (Å²) in [5.74, 6) is -0.201. The van der Waals surface area contributed by atoms with Crippen molar-refractivity contribution in [2.24, 2.45) is 0 Å². The fraction of sp³-hybridized carbons (Fsp3) is 0.611. The maximum Gasteiger partial charge on any atom is 0.274 e. The topological polar surface area (TPSA) is 97.0 Å². The molecule has 140 valence electrons. The number of aliphatic hydroxyl groups is 1. The van der Waals surface area contributed by atoms with Gasteiger partial charge in [0, 0.05) is 12.6 Å². The Morgan fingerprint density at radius 1 is 1.19 bits per heavy atom. The minimum atomic E-state index is -1.19. The molecule has 1 aliphatic heterocycles. The summed E-state index contributed by atoms with van der Waals surface area (Å²) in [5.41, 5.74) is 1.83. The number of hydrogen-bond donors (Lipinski definition) is 1. The van der Waals surface area contributed by atoms with Crippen LogP contribution in [0.25, 0.3) is 0 Å². The first-order valence-corrected chi connectivity index (χ1v) is 8.97. The van der Waals surface area contributed by atoms with Crippen LogP contribution in [0.2, 0.25) is 0 Å². The van der Waals surface area contributed by atoms with Gasteiger partial charge in [0.25, 0.3) is 5.91 Å². The van der Waals surface area contributed by atoms with Gasteiger partial charge in [0.15, 0.2) is 0 Å². The molecule has 0 unspecified atom stereocenters. The molecule has 8 heteroatoms. The first kappa shape index (κ1) is 18.4. The van der Waals surface area contributed by atoms with Crippen LogP contribution in [0.5, 0.6) is 0 Å². The molecular formula is C18H26N6O2. The lowest BCUT2D eigenvalue weighted by Crippen LogP contribution is -2.49. The number of hydrogen-bond acceptors (Lipinski definition) is 6. The van der Waals surface area contributed by atoms with E-state index in [9.17, 15) is 9.90 Å². The van der Waals surface area contributed by atoms with Crippen molar-refractivity contribution >= 4 is 5.91 Å². The number of aryl methyl sites for hydroxylation is 3. The first-order valence-electron chi connectivity index (χ1n) is 8.97. The molecule has 1 fully saturated rings. The number of piperidine rings is 1. The third-order valence-corrected chi connectivity index (χ3v) is 4.96. The lowest BCUT2D eigenvalue weighted by molar-refractivity contribution is -0.0322. The van der Waals surface area contributed by atoms with E-state index in [0.29, 0.717) is 36.5 Å². The largest absolute Gasteiger partial charge is 0.382 e.